The highest BCUT2D eigenvalue weighted by atomic mass is 79.9. The van der Waals surface area contributed by atoms with Crippen LogP contribution < -0.4 is 19.1 Å². The van der Waals surface area contributed by atoms with Gasteiger partial charge in [-0.3, -0.25) is 14.5 Å². The van der Waals surface area contributed by atoms with E-state index < -0.39 is 17.7 Å². The number of hydrogen-bond donors (Lipinski definition) is 2. The number of methoxy groups -OCH3 is 1. The largest absolute Gasteiger partial charge is 0.507 e. The molecule has 3 aromatic carbocycles. The molecule has 3 heterocycles. The van der Waals surface area contributed by atoms with Gasteiger partial charge in [0.15, 0.2) is 16.6 Å². The lowest BCUT2D eigenvalue weighted by Gasteiger charge is -2.24. The molecule has 1 saturated heterocycles. The summed E-state index contributed by atoms with van der Waals surface area (Å²) in [6.45, 7) is 4.34. The maximum Gasteiger partial charge on any atom is 0.301 e. The van der Waals surface area contributed by atoms with Crippen LogP contribution in [0.1, 0.15) is 36.6 Å². The Morgan fingerprint density at radius 3 is 2.76 bits per heavy atom. The van der Waals surface area contributed by atoms with E-state index in [2.05, 4.69) is 20.9 Å². The molecule has 0 bridgehead atoms. The van der Waals surface area contributed by atoms with Crippen molar-refractivity contribution in [3.05, 3.63) is 75.3 Å². The highest BCUT2D eigenvalue weighted by Crippen LogP contribution is 2.48. The van der Waals surface area contributed by atoms with E-state index in [0.29, 0.717) is 39.9 Å². The number of halogens is 1. The van der Waals surface area contributed by atoms with Gasteiger partial charge in [-0.25, -0.2) is 4.98 Å². The fourth-order valence-electron chi connectivity index (χ4n) is 5.23. The molecule has 1 aromatic heterocycles. The van der Waals surface area contributed by atoms with E-state index in [1.54, 1.807) is 36.4 Å². The maximum absolute atomic E-state index is 13.7. The molecule has 4 aromatic rings. The first kappa shape index (κ1) is 27.1. The van der Waals surface area contributed by atoms with Gasteiger partial charge in [0.05, 0.1) is 40.0 Å². The normalized spacial score (nSPS) is 19.5. The number of phenols is 1. The van der Waals surface area contributed by atoms with Crippen LogP contribution >= 0.6 is 27.3 Å². The molecule has 2 aliphatic rings. The minimum Gasteiger partial charge on any atom is -0.507 e. The minimum absolute atomic E-state index is 0.00272. The molecule has 0 radical (unpaired) electrons. The molecule has 0 unspecified atom stereocenters. The van der Waals surface area contributed by atoms with Crippen LogP contribution in [0.15, 0.2) is 58.6 Å². The number of ketones is 1. The quantitative estimate of drug-likeness (QED) is 0.148. The van der Waals surface area contributed by atoms with Gasteiger partial charge in [0.2, 0.25) is 0 Å². The molecule has 9 nitrogen and oxygen atoms in total. The van der Waals surface area contributed by atoms with Crippen LogP contribution in [0.5, 0.6) is 23.0 Å². The van der Waals surface area contributed by atoms with Crippen molar-refractivity contribution < 1.29 is 34.0 Å². The molecule has 41 heavy (non-hydrogen) atoms. The summed E-state index contributed by atoms with van der Waals surface area (Å²) in [6, 6.07) is 12.7. The molecular weight excluding hydrogens is 612 g/mol. The van der Waals surface area contributed by atoms with E-state index in [4.69, 9.17) is 14.2 Å². The molecular formula is C30H25BrN2O7S. The van der Waals surface area contributed by atoms with Gasteiger partial charge in [-0.05, 0) is 89.4 Å². The number of aromatic hydroxyl groups is 1. The van der Waals surface area contributed by atoms with Crippen LogP contribution in [-0.4, -0.2) is 46.7 Å². The number of phenolic OH excluding ortho intramolecular Hbond substituents is 1. The number of aliphatic hydroxyl groups excluding tert-OH is 1. The van der Waals surface area contributed by atoms with Crippen LogP contribution in [-0.2, 0) is 16.0 Å². The predicted molar refractivity (Wildman–Crippen MR) is 158 cm³/mol. The van der Waals surface area contributed by atoms with Gasteiger partial charge in [-0.15, -0.1) is 0 Å². The van der Waals surface area contributed by atoms with Gasteiger partial charge >= 0.3 is 5.91 Å². The van der Waals surface area contributed by atoms with E-state index in [1.165, 1.54) is 29.4 Å². The van der Waals surface area contributed by atoms with Crippen molar-refractivity contribution in [2.75, 3.05) is 18.6 Å². The molecule has 2 N–H and O–H groups in total. The summed E-state index contributed by atoms with van der Waals surface area (Å²) in [5, 5.41) is 22.3. The average molecular weight is 638 g/mol. The van der Waals surface area contributed by atoms with Crippen molar-refractivity contribution in [2.24, 2.45) is 0 Å². The number of nitrogens with zero attached hydrogens (tertiary/aromatic N) is 2. The summed E-state index contributed by atoms with van der Waals surface area (Å²) >= 11 is 4.58. The molecule has 2 atom stereocenters. The third-order valence-corrected chi connectivity index (χ3v) is 8.69. The highest BCUT2D eigenvalue weighted by molar-refractivity contribution is 9.10. The van der Waals surface area contributed by atoms with Crippen molar-refractivity contribution in [1.82, 2.24) is 4.98 Å². The molecule has 6 rings (SSSR count). The first-order valence-electron chi connectivity index (χ1n) is 12.9. The molecule has 11 heteroatoms. The zero-order valence-electron chi connectivity index (χ0n) is 22.3. The zero-order chi connectivity index (χ0) is 29.0. The third-order valence-electron chi connectivity index (χ3n) is 7.07. The van der Waals surface area contributed by atoms with Crippen LogP contribution in [0.25, 0.3) is 16.0 Å². The minimum atomic E-state index is -1.06. The second-order valence-electron chi connectivity index (χ2n) is 9.74. The number of carbonyl (C=O) groups is 2. The zero-order valence-corrected chi connectivity index (χ0v) is 24.7. The molecule has 210 valence electrons. The van der Waals surface area contributed by atoms with E-state index in [1.807, 2.05) is 19.9 Å². The SMILES string of the molecule is CCOc1ccc2nc(N3C(=O)C(=O)C(=C(O)c4ccc5c(c4)C[C@@H](C)O5)[C@H]3c3cc(Br)c(O)c(OC)c3)sc2c1. The number of benzene rings is 3. The molecule has 0 aliphatic carbocycles. The fourth-order valence-corrected chi connectivity index (χ4v) is 6.71. The second-order valence-corrected chi connectivity index (χ2v) is 11.6. The lowest BCUT2D eigenvalue weighted by atomic mass is 9.94. The molecule has 1 amide bonds. The number of anilines is 1. The Kier molecular flexibility index (Phi) is 6.87. The second kappa shape index (κ2) is 10.4. The Balaban J connectivity index is 1.55. The topological polar surface area (TPSA) is 118 Å². The number of carbonyl (C=O) groups excluding carboxylic acids is 2. The smallest absolute Gasteiger partial charge is 0.301 e. The van der Waals surface area contributed by atoms with Crippen molar-refractivity contribution in [3.63, 3.8) is 0 Å². The van der Waals surface area contributed by atoms with E-state index >= 15 is 0 Å². The summed E-state index contributed by atoms with van der Waals surface area (Å²) in [7, 11) is 1.40. The number of rotatable bonds is 6. The Bertz CT molecular complexity index is 1770. The summed E-state index contributed by atoms with van der Waals surface area (Å²) in [5.74, 6) is -0.619. The third kappa shape index (κ3) is 4.58. The Labute approximate surface area is 247 Å². The number of ether oxygens (including phenoxy) is 3. The molecule has 2 aliphatic heterocycles. The standard InChI is InChI=1S/C30H25BrN2O7S/c1-4-39-18-6-7-20-23(13-18)41-30(32-20)33-25(17-11-19(31)27(35)22(12-17)38-3)24(28(36)29(33)37)26(34)15-5-8-21-16(10-15)9-14(2)40-21/h5-8,10-14,25,34-35H,4,9H2,1-3H3/t14-,25-/m1/s1. The summed E-state index contributed by atoms with van der Waals surface area (Å²) in [5.41, 5.74) is 2.25. The van der Waals surface area contributed by atoms with Crippen molar-refractivity contribution in [3.8, 4) is 23.0 Å². The summed E-state index contributed by atoms with van der Waals surface area (Å²) in [4.78, 5) is 33.3. The van der Waals surface area contributed by atoms with Gasteiger partial charge in [0.1, 0.15) is 23.4 Å². The van der Waals surface area contributed by atoms with Crippen molar-refractivity contribution in [2.45, 2.75) is 32.4 Å². The lowest BCUT2D eigenvalue weighted by molar-refractivity contribution is -0.132. The number of thiazole rings is 1. The number of aliphatic hydroxyl groups is 1. The van der Waals surface area contributed by atoms with E-state index in [9.17, 15) is 19.8 Å². The first-order chi connectivity index (χ1) is 19.7. The van der Waals surface area contributed by atoms with Crippen molar-refractivity contribution >= 4 is 60.1 Å². The molecule has 0 saturated carbocycles. The molecule has 1 fully saturated rings. The summed E-state index contributed by atoms with van der Waals surface area (Å²) < 4.78 is 17.8. The number of aromatic nitrogens is 1. The van der Waals surface area contributed by atoms with E-state index in [-0.39, 0.29) is 34.1 Å². The van der Waals surface area contributed by atoms with Gasteiger partial charge in [0, 0.05) is 12.0 Å². The first-order valence-corrected chi connectivity index (χ1v) is 14.5. The molecule has 0 spiro atoms. The number of amides is 1. The summed E-state index contributed by atoms with van der Waals surface area (Å²) in [6.07, 6.45) is 0.656. The number of hydrogen-bond acceptors (Lipinski definition) is 9. The van der Waals surface area contributed by atoms with E-state index in [0.717, 1.165) is 16.0 Å². The van der Waals surface area contributed by atoms with Crippen molar-refractivity contribution in [1.29, 1.82) is 0 Å². The average Bonchev–Trinajstić information content (AvgIpc) is 3.61. The predicted octanol–water partition coefficient (Wildman–Crippen LogP) is 6.12. The Hall–Kier alpha value is -4.09. The maximum atomic E-state index is 13.7. The Morgan fingerprint density at radius 2 is 2.00 bits per heavy atom. The van der Waals surface area contributed by atoms with Crippen LogP contribution in [0.2, 0.25) is 0 Å². The van der Waals surface area contributed by atoms with Gasteiger partial charge in [-0.1, -0.05) is 11.3 Å². The lowest BCUT2D eigenvalue weighted by Crippen LogP contribution is -2.29. The van der Waals surface area contributed by atoms with Crippen LogP contribution in [0, 0.1) is 0 Å². The van der Waals surface area contributed by atoms with Crippen LogP contribution in [0.3, 0.4) is 0 Å². The number of fused-ring (bicyclic) bond motifs is 2. The van der Waals surface area contributed by atoms with Gasteiger partial charge in [0.25, 0.3) is 5.78 Å². The van der Waals surface area contributed by atoms with Gasteiger partial charge in [-0.2, -0.15) is 0 Å². The Morgan fingerprint density at radius 1 is 1.20 bits per heavy atom. The highest BCUT2D eigenvalue weighted by Gasteiger charge is 2.48. The monoisotopic (exact) mass is 636 g/mol. The number of Topliss-reactive ketones (excluding diaryl/α,β-unsaturated/α-hetero) is 1. The fraction of sp³-hybridized carbons (Fsp3) is 0.233. The van der Waals surface area contributed by atoms with Gasteiger partial charge < -0.3 is 24.4 Å². The van der Waals surface area contributed by atoms with Crippen LogP contribution in [0.4, 0.5) is 5.13 Å².